The van der Waals surface area contributed by atoms with E-state index >= 15 is 0 Å². The van der Waals surface area contributed by atoms with Crippen LogP contribution < -0.4 is 5.32 Å². The molecule has 0 saturated heterocycles. The lowest BCUT2D eigenvalue weighted by atomic mass is 9.99. The van der Waals surface area contributed by atoms with Crippen LogP contribution in [0.2, 0.25) is 0 Å². The van der Waals surface area contributed by atoms with Gasteiger partial charge in [0.25, 0.3) is 5.91 Å². The summed E-state index contributed by atoms with van der Waals surface area (Å²) in [7, 11) is 0. The Morgan fingerprint density at radius 1 is 1.31 bits per heavy atom. The van der Waals surface area contributed by atoms with Crippen LogP contribution in [0.1, 0.15) is 23.6 Å². The van der Waals surface area contributed by atoms with Gasteiger partial charge in [0, 0.05) is 29.5 Å². The van der Waals surface area contributed by atoms with Crippen molar-refractivity contribution in [2.45, 2.75) is 25.0 Å². The van der Waals surface area contributed by atoms with E-state index in [-0.39, 0.29) is 29.9 Å². The number of aliphatic hydroxyl groups is 1. The van der Waals surface area contributed by atoms with Crippen LogP contribution in [0.25, 0.3) is 0 Å². The van der Waals surface area contributed by atoms with Gasteiger partial charge in [0.1, 0.15) is 5.75 Å². The number of carbonyl (C=O) groups excluding carboxylic acids is 1. The van der Waals surface area contributed by atoms with E-state index in [9.17, 15) is 9.90 Å². The molecule has 0 spiro atoms. The second-order valence-electron chi connectivity index (χ2n) is 5.88. The highest BCUT2D eigenvalue weighted by atomic mass is 32.1. The second-order valence-corrected chi connectivity index (χ2v) is 6.86. The van der Waals surface area contributed by atoms with Gasteiger partial charge < -0.3 is 25.0 Å². The van der Waals surface area contributed by atoms with Crippen LogP contribution in [0.3, 0.4) is 0 Å². The molecular formula is C19H21NO5S. The third kappa shape index (κ3) is 4.85. The van der Waals surface area contributed by atoms with Crippen molar-refractivity contribution < 1.29 is 24.5 Å². The third-order valence-corrected chi connectivity index (χ3v) is 4.93. The highest BCUT2D eigenvalue weighted by molar-refractivity contribution is 7.10. The number of thiophene rings is 1. The molecule has 2 atom stereocenters. The van der Waals surface area contributed by atoms with Gasteiger partial charge in [0.05, 0.1) is 6.61 Å². The molecule has 3 rings (SSSR count). The van der Waals surface area contributed by atoms with Gasteiger partial charge in [-0.15, -0.1) is 11.3 Å². The van der Waals surface area contributed by atoms with E-state index in [1.165, 1.54) is 12.1 Å². The van der Waals surface area contributed by atoms with Crippen molar-refractivity contribution in [2.24, 2.45) is 0 Å². The number of benzene rings is 1. The summed E-state index contributed by atoms with van der Waals surface area (Å²) in [6, 6.07) is 10.2. The summed E-state index contributed by atoms with van der Waals surface area (Å²) in [4.78, 5) is 13.7. The molecule has 1 aromatic heterocycles. The van der Waals surface area contributed by atoms with E-state index in [4.69, 9.17) is 14.6 Å². The molecule has 2 heterocycles. The Morgan fingerprint density at radius 2 is 2.12 bits per heavy atom. The molecule has 6 nitrogen and oxygen atoms in total. The number of phenols is 1. The molecule has 1 aliphatic rings. The van der Waals surface area contributed by atoms with E-state index < -0.39 is 6.29 Å². The number of hydrogen-bond donors (Lipinski definition) is 3. The van der Waals surface area contributed by atoms with Crippen molar-refractivity contribution in [1.82, 2.24) is 0 Å². The number of carbonyl (C=O) groups is 1. The van der Waals surface area contributed by atoms with Gasteiger partial charge in [-0.1, -0.05) is 6.07 Å². The smallest absolute Gasteiger partial charge is 0.290 e. The lowest BCUT2D eigenvalue weighted by molar-refractivity contribution is -0.144. The number of anilines is 1. The maximum absolute atomic E-state index is 12.6. The summed E-state index contributed by atoms with van der Waals surface area (Å²) < 4.78 is 11.4. The fourth-order valence-electron chi connectivity index (χ4n) is 2.64. The third-order valence-electron chi connectivity index (χ3n) is 3.92. The SMILES string of the molecule is O=C(Nc1ccc(O)cc1)C1=C[C@H](c2cccs2)C[C@H](OCCCO)O1. The normalized spacial score (nSPS) is 19.5. The van der Waals surface area contributed by atoms with Crippen LogP contribution in [0.5, 0.6) is 5.75 Å². The molecule has 0 bridgehead atoms. The molecule has 0 unspecified atom stereocenters. The molecule has 0 aliphatic carbocycles. The zero-order valence-electron chi connectivity index (χ0n) is 14.1. The molecule has 7 heteroatoms. The molecule has 1 amide bonds. The van der Waals surface area contributed by atoms with E-state index in [1.54, 1.807) is 23.5 Å². The summed E-state index contributed by atoms with van der Waals surface area (Å²) in [5.41, 5.74) is 0.563. The zero-order chi connectivity index (χ0) is 18.4. The zero-order valence-corrected chi connectivity index (χ0v) is 14.9. The lowest BCUT2D eigenvalue weighted by Gasteiger charge is -2.28. The summed E-state index contributed by atoms with van der Waals surface area (Å²) >= 11 is 1.62. The molecule has 0 saturated carbocycles. The Bertz CT molecular complexity index is 742. The summed E-state index contributed by atoms with van der Waals surface area (Å²) in [6.07, 6.45) is 2.40. The minimum atomic E-state index is -0.542. The number of aromatic hydroxyl groups is 1. The van der Waals surface area contributed by atoms with E-state index in [0.717, 1.165) is 4.88 Å². The molecule has 2 aromatic rings. The Labute approximate surface area is 155 Å². The number of amides is 1. The van der Waals surface area contributed by atoms with Gasteiger partial charge in [0.2, 0.25) is 6.29 Å². The van der Waals surface area contributed by atoms with Gasteiger partial charge in [0.15, 0.2) is 5.76 Å². The van der Waals surface area contributed by atoms with Crippen molar-refractivity contribution in [1.29, 1.82) is 0 Å². The number of aliphatic hydroxyl groups excluding tert-OH is 1. The van der Waals surface area contributed by atoms with Gasteiger partial charge in [-0.05, 0) is 48.2 Å². The highest BCUT2D eigenvalue weighted by Gasteiger charge is 2.29. The van der Waals surface area contributed by atoms with Crippen LogP contribution in [0.15, 0.2) is 53.6 Å². The first kappa shape index (κ1) is 18.4. The van der Waals surface area contributed by atoms with Crippen LogP contribution in [-0.2, 0) is 14.3 Å². The van der Waals surface area contributed by atoms with Gasteiger partial charge in [-0.3, -0.25) is 4.79 Å². The topological polar surface area (TPSA) is 88.0 Å². The number of phenolic OH excluding ortho intramolecular Hbond substituents is 1. The first-order valence-electron chi connectivity index (χ1n) is 8.40. The highest BCUT2D eigenvalue weighted by Crippen LogP contribution is 2.34. The van der Waals surface area contributed by atoms with Crippen LogP contribution in [0.4, 0.5) is 5.69 Å². The fraction of sp³-hybridized carbons (Fsp3) is 0.316. The van der Waals surface area contributed by atoms with E-state index in [2.05, 4.69) is 5.32 Å². The van der Waals surface area contributed by atoms with E-state index in [1.807, 2.05) is 23.6 Å². The predicted octanol–water partition coefficient (Wildman–Crippen LogP) is 3.21. The summed E-state index contributed by atoms with van der Waals surface area (Å²) in [5.74, 6) is -0.000824. The molecular weight excluding hydrogens is 354 g/mol. The number of ether oxygens (including phenoxy) is 2. The quantitative estimate of drug-likeness (QED) is 0.511. The van der Waals surface area contributed by atoms with Crippen LogP contribution in [0, 0.1) is 0 Å². The largest absolute Gasteiger partial charge is 0.508 e. The fourth-order valence-corrected chi connectivity index (χ4v) is 3.45. The van der Waals surface area contributed by atoms with Crippen LogP contribution in [-0.4, -0.2) is 35.6 Å². The van der Waals surface area contributed by atoms with Crippen LogP contribution >= 0.6 is 11.3 Å². The van der Waals surface area contributed by atoms with Gasteiger partial charge in [-0.2, -0.15) is 0 Å². The first-order valence-corrected chi connectivity index (χ1v) is 9.28. The van der Waals surface area contributed by atoms with Gasteiger partial charge in [-0.25, -0.2) is 0 Å². The molecule has 26 heavy (non-hydrogen) atoms. The Balaban J connectivity index is 1.73. The van der Waals surface area contributed by atoms with Crippen molar-refractivity contribution in [3.63, 3.8) is 0 Å². The predicted molar refractivity (Wildman–Crippen MR) is 99.0 cm³/mol. The maximum Gasteiger partial charge on any atom is 0.290 e. The standard InChI is InChI=1S/C19H21NO5S/c21-8-2-9-24-18-12-13(17-3-1-10-26-17)11-16(25-18)19(23)20-14-4-6-15(22)7-5-14/h1,3-7,10-11,13,18,21-22H,2,8-9,12H2,(H,20,23)/t13-,18+/m0/s1. The minimum absolute atomic E-state index is 0.0310. The van der Waals surface area contributed by atoms with Crippen molar-refractivity contribution in [2.75, 3.05) is 18.5 Å². The molecule has 1 aromatic carbocycles. The monoisotopic (exact) mass is 375 g/mol. The molecule has 1 aliphatic heterocycles. The number of rotatable bonds is 7. The molecule has 0 radical (unpaired) electrons. The minimum Gasteiger partial charge on any atom is -0.508 e. The number of nitrogens with one attached hydrogen (secondary N) is 1. The maximum atomic E-state index is 12.6. The average molecular weight is 375 g/mol. The van der Waals surface area contributed by atoms with Crippen molar-refractivity contribution in [3.05, 3.63) is 58.5 Å². The Hall–Kier alpha value is -2.35. The number of allylic oxidation sites excluding steroid dienone is 1. The molecule has 138 valence electrons. The summed E-state index contributed by atoms with van der Waals surface area (Å²) in [6.45, 7) is 0.413. The van der Waals surface area contributed by atoms with E-state index in [0.29, 0.717) is 25.1 Å². The molecule has 3 N–H and O–H groups in total. The Morgan fingerprint density at radius 3 is 2.81 bits per heavy atom. The van der Waals surface area contributed by atoms with Gasteiger partial charge >= 0.3 is 0 Å². The second kappa shape index (κ2) is 8.84. The number of hydrogen-bond acceptors (Lipinski definition) is 6. The average Bonchev–Trinajstić information content (AvgIpc) is 3.18. The summed E-state index contributed by atoms with van der Waals surface area (Å²) in [5, 5.41) is 23.0. The first-order chi connectivity index (χ1) is 12.7. The van der Waals surface area contributed by atoms with Crippen molar-refractivity contribution >= 4 is 22.9 Å². The Kier molecular flexibility index (Phi) is 6.27. The lowest BCUT2D eigenvalue weighted by Crippen LogP contribution is -2.29. The van der Waals surface area contributed by atoms with Crippen molar-refractivity contribution in [3.8, 4) is 5.75 Å². The molecule has 0 fully saturated rings.